The zero-order chi connectivity index (χ0) is 20.3. The Labute approximate surface area is 168 Å². The molecule has 0 unspecified atom stereocenters. The van der Waals surface area contributed by atoms with Gasteiger partial charge in [-0.15, -0.1) is 0 Å². The molecule has 1 aliphatic rings. The first-order valence-electron chi connectivity index (χ1n) is 9.44. The van der Waals surface area contributed by atoms with Crippen LogP contribution in [0.15, 0.2) is 24.3 Å². The Bertz CT molecular complexity index is 814. The number of hydrogen-bond donors (Lipinski definition) is 1. The van der Waals surface area contributed by atoms with Crippen LogP contribution in [0.2, 0.25) is 5.02 Å². The highest BCUT2D eigenvalue weighted by molar-refractivity contribution is 6.30. The Kier molecular flexibility index (Phi) is 6.67. The number of benzene rings is 1. The maximum Gasteiger partial charge on any atom is 0.251 e. The first kappa shape index (κ1) is 20.7. The van der Waals surface area contributed by atoms with Gasteiger partial charge in [0.1, 0.15) is 0 Å². The van der Waals surface area contributed by atoms with E-state index in [2.05, 4.69) is 10.4 Å². The predicted octanol–water partition coefficient (Wildman–Crippen LogP) is 3.53. The molecule has 0 saturated carbocycles. The van der Waals surface area contributed by atoms with Crippen LogP contribution in [0, 0.1) is 13.8 Å². The van der Waals surface area contributed by atoms with E-state index in [1.165, 1.54) is 0 Å². The minimum atomic E-state index is -2.31. The Hall–Kier alpha value is -1.99. The molecule has 1 aliphatic heterocycles. The number of amides is 1. The van der Waals surface area contributed by atoms with E-state index in [-0.39, 0.29) is 24.9 Å². The van der Waals surface area contributed by atoms with Crippen LogP contribution in [-0.2, 0) is 11.2 Å². The van der Waals surface area contributed by atoms with Crippen molar-refractivity contribution in [1.29, 1.82) is 0 Å². The third-order valence-electron chi connectivity index (χ3n) is 5.20. The molecule has 2 aromatic rings. The molecule has 1 aromatic heterocycles. The van der Waals surface area contributed by atoms with Crippen molar-refractivity contribution in [3.05, 3.63) is 46.2 Å². The number of halogens is 3. The molecular formula is C20H25ClF2N4O. The lowest BCUT2D eigenvalue weighted by Crippen LogP contribution is -2.46. The summed E-state index contributed by atoms with van der Waals surface area (Å²) in [5, 5.41) is 8.26. The number of nitrogens with one attached hydrogen (secondary N) is 1. The summed E-state index contributed by atoms with van der Waals surface area (Å²) in [6.07, 6.45) is -0.669. The van der Waals surface area contributed by atoms with E-state index < -0.39 is 6.43 Å². The van der Waals surface area contributed by atoms with E-state index >= 15 is 0 Å². The molecule has 0 radical (unpaired) electrons. The summed E-state index contributed by atoms with van der Waals surface area (Å²) in [4.78, 5) is 14.3. The number of hydrogen-bond acceptors (Lipinski definition) is 3. The summed E-state index contributed by atoms with van der Waals surface area (Å²) in [6, 6.07) is 7.42. The second kappa shape index (κ2) is 9.01. The van der Waals surface area contributed by atoms with E-state index in [0.29, 0.717) is 31.0 Å². The van der Waals surface area contributed by atoms with Gasteiger partial charge >= 0.3 is 0 Å². The van der Waals surface area contributed by atoms with Crippen LogP contribution in [0.1, 0.15) is 29.8 Å². The van der Waals surface area contributed by atoms with Gasteiger partial charge in [-0.2, -0.15) is 5.10 Å². The number of aromatic nitrogens is 2. The van der Waals surface area contributed by atoms with Gasteiger partial charge in [-0.05, 0) is 51.0 Å². The third kappa shape index (κ3) is 5.08. The average molecular weight is 411 g/mol. The molecule has 0 aliphatic carbocycles. The Morgan fingerprint density at radius 2 is 1.89 bits per heavy atom. The quantitative estimate of drug-likeness (QED) is 0.792. The zero-order valence-corrected chi connectivity index (χ0v) is 16.8. The molecule has 152 valence electrons. The van der Waals surface area contributed by atoms with Gasteiger partial charge in [0.25, 0.3) is 6.43 Å². The summed E-state index contributed by atoms with van der Waals surface area (Å²) in [6.45, 7) is 4.82. The molecule has 0 atom stereocenters. The number of rotatable bonds is 6. The monoisotopic (exact) mass is 410 g/mol. The number of carbonyl (C=O) groups is 1. The maximum atomic E-state index is 12.5. The molecule has 0 spiro atoms. The van der Waals surface area contributed by atoms with Gasteiger partial charge in [0.05, 0.1) is 24.3 Å². The molecule has 28 heavy (non-hydrogen) atoms. The fourth-order valence-corrected chi connectivity index (χ4v) is 3.78. The minimum Gasteiger partial charge on any atom is -0.353 e. The van der Waals surface area contributed by atoms with Crippen molar-refractivity contribution >= 4 is 17.5 Å². The second-order valence-electron chi connectivity index (χ2n) is 7.25. The van der Waals surface area contributed by atoms with Gasteiger partial charge in [0.15, 0.2) is 0 Å². The van der Waals surface area contributed by atoms with Crippen LogP contribution < -0.4 is 5.32 Å². The topological polar surface area (TPSA) is 50.2 Å². The Morgan fingerprint density at radius 3 is 2.50 bits per heavy atom. The van der Waals surface area contributed by atoms with Gasteiger partial charge < -0.3 is 5.32 Å². The van der Waals surface area contributed by atoms with E-state index in [1.807, 2.05) is 30.7 Å². The van der Waals surface area contributed by atoms with Crippen molar-refractivity contribution in [3.8, 4) is 5.69 Å². The third-order valence-corrected chi connectivity index (χ3v) is 5.45. The standard InChI is InChI=1S/C20H25ClF2N4O/c1-13-18(14(2)27(25-13)17-5-3-15(21)4-6-17)11-20(28)24-16-7-9-26(10-8-16)12-19(22)23/h3-6,16,19H,7-12H2,1-2H3,(H,24,28). The molecular weight excluding hydrogens is 386 g/mol. The zero-order valence-electron chi connectivity index (χ0n) is 16.1. The number of piperidine rings is 1. The fourth-order valence-electron chi connectivity index (χ4n) is 3.66. The Morgan fingerprint density at radius 1 is 1.25 bits per heavy atom. The van der Waals surface area contributed by atoms with Crippen molar-refractivity contribution in [2.24, 2.45) is 0 Å². The molecule has 1 aromatic carbocycles. The number of carbonyl (C=O) groups excluding carboxylic acids is 1. The summed E-state index contributed by atoms with van der Waals surface area (Å²) < 4.78 is 26.7. The molecule has 1 saturated heterocycles. The van der Waals surface area contributed by atoms with Crippen molar-refractivity contribution in [2.45, 2.75) is 45.6 Å². The van der Waals surface area contributed by atoms with Crippen LogP contribution in [0.5, 0.6) is 0 Å². The number of nitrogens with zero attached hydrogens (tertiary/aromatic N) is 3. The van der Waals surface area contributed by atoms with Crippen molar-refractivity contribution < 1.29 is 13.6 Å². The van der Waals surface area contributed by atoms with Crippen LogP contribution in [0.3, 0.4) is 0 Å². The van der Waals surface area contributed by atoms with Crippen LogP contribution in [0.4, 0.5) is 8.78 Å². The smallest absolute Gasteiger partial charge is 0.251 e. The SMILES string of the molecule is Cc1nn(-c2ccc(Cl)cc2)c(C)c1CC(=O)NC1CCN(CC(F)F)CC1. The molecule has 2 heterocycles. The molecule has 0 bridgehead atoms. The second-order valence-corrected chi connectivity index (χ2v) is 7.68. The van der Waals surface area contributed by atoms with Crippen LogP contribution in [0.25, 0.3) is 5.69 Å². The van der Waals surface area contributed by atoms with Gasteiger partial charge in [-0.1, -0.05) is 11.6 Å². The van der Waals surface area contributed by atoms with E-state index in [1.54, 1.807) is 17.0 Å². The molecule has 1 fully saturated rings. The van der Waals surface area contributed by atoms with Gasteiger partial charge in [0.2, 0.25) is 5.91 Å². The lowest BCUT2D eigenvalue weighted by Gasteiger charge is -2.32. The fraction of sp³-hybridized carbons (Fsp3) is 0.500. The molecule has 5 nitrogen and oxygen atoms in total. The van der Waals surface area contributed by atoms with E-state index in [0.717, 1.165) is 22.6 Å². The summed E-state index contributed by atoms with van der Waals surface area (Å²) >= 11 is 5.95. The van der Waals surface area contributed by atoms with Crippen LogP contribution >= 0.6 is 11.6 Å². The normalized spacial score (nSPS) is 15.9. The van der Waals surface area contributed by atoms with Crippen molar-refractivity contribution in [3.63, 3.8) is 0 Å². The highest BCUT2D eigenvalue weighted by Crippen LogP contribution is 2.20. The molecule has 8 heteroatoms. The van der Waals surface area contributed by atoms with Crippen molar-refractivity contribution in [1.82, 2.24) is 20.0 Å². The number of aryl methyl sites for hydroxylation is 1. The first-order valence-corrected chi connectivity index (χ1v) is 9.82. The highest BCUT2D eigenvalue weighted by Gasteiger charge is 2.23. The van der Waals surface area contributed by atoms with Crippen molar-refractivity contribution in [2.75, 3.05) is 19.6 Å². The summed E-state index contributed by atoms with van der Waals surface area (Å²) in [7, 11) is 0. The minimum absolute atomic E-state index is 0.0355. The average Bonchev–Trinajstić information content (AvgIpc) is 2.92. The molecule has 3 rings (SSSR count). The number of likely N-dealkylation sites (tertiary alicyclic amines) is 1. The van der Waals surface area contributed by atoms with Gasteiger partial charge in [-0.3, -0.25) is 9.69 Å². The van der Waals surface area contributed by atoms with Gasteiger partial charge in [0, 0.05) is 35.4 Å². The summed E-state index contributed by atoms with van der Waals surface area (Å²) in [5.74, 6) is -0.0610. The number of alkyl halides is 2. The van der Waals surface area contributed by atoms with Crippen LogP contribution in [-0.4, -0.2) is 52.7 Å². The van der Waals surface area contributed by atoms with E-state index in [4.69, 9.17) is 11.6 Å². The Balaban J connectivity index is 1.60. The maximum absolute atomic E-state index is 12.5. The van der Waals surface area contributed by atoms with E-state index in [9.17, 15) is 13.6 Å². The first-order chi connectivity index (χ1) is 13.3. The molecule has 1 amide bonds. The predicted molar refractivity (Wildman–Crippen MR) is 105 cm³/mol. The highest BCUT2D eigenvalue weighted by atomic mass is 35.5. The lowest BCUT2D eigenvalue weighted by molar-refractivity contribution is -0.121. The van der Waals surface area contributed by atoms with Gasteiger partial charge in [-0.25, -0.2) is 13.5 Å². The largest absolute Gasteiger partial charge is 0.353 e. The lowest BCUT2D eigenvalue weighted by atomic mass is 10.0. The molecule has 1 N–H and O–H groups in total. The summed E-state index contributed by atoms with van der Waals surface area (Å²) in [5.41, 5.74) is 3.53.